The van der Waals surface area contributed by atoms with Gasteiger partial charge in [-0.2, -0.15) is 5.01 Å². The van der Waals surface area contributed by atoms with Gasteiger partial charge in [-0.3, -0.25) is 15.0 Å². The molecule has 3 rings (SSSR count). The second-order valence-corrected chi connectivity index (χ2v) is 6.85. The van der Waals surface area contributed by atoms with E-state index in [4.69, 9.17) is 21.4 Å². The Hall–Kier alpha value is -2.59. The Labute approximate surface area is 151 Å². The zero-order valence-corrected chi connectivity index (χ0v) is 15.1. The van der Waals surface area contributed by atoms with Crippen LogP contribution >= 0.6 is 24.0 Å². The molecule has 2 aromatic rings. The van der Waals surface area contributed by atoms with Crippen molar-refractivity contribution in [3.63, 3.8) is 0 Å². The van der Waals surface area contributed by atoms with E-state index in [2.05, 4.69) is 5.43 Å². The van der Waals surface area contributed by atoms with Gasteiger partial charge in [-0.1, -0.05) is 11.8 Å². The number of nitrogens with one attached hydrogen (secondary N) is 1. The molecule has 0 aromatic carbocycles. The van der Waals surface area contributed by atoms with Gasteiger partial charge in [0.05, 0.1) is 12.0 Å². The number of nitrogens with zero attached hydrogens (tertiary/aromatic N) is 2. The normalized spacial score (nSPS) is 16.1. The number of amides is 2. The van der Waals surface area contributed by atoms with Crippen LogP contribution in [0.1, 0.15) is 23.2 Å². The zero-order chi connectivity index (χ0) is 18.3. The monoisotopic (exact) mass is 379 g/mol. The number of carbonyl (C=O) groups excluding carboxylic acids is 3. The van der Waals surface area contributed by atoms with Crippen molar-refractivity contribution in [2.45, 2.75) is 6.92 Å². The Bertz CT molecular complexity index is 956. The minimum absolute atomic E-state index is 0.232. The summed E-state index contributed by atoms with van der Waals surface area (Å²) in [5.74, 6) is -0.857. The van der Waals surface area contributed by atoms with Crippen LogP contribution in [0.25, 0.3) is 17.2 Å². The number of aryl methyl sites for hydroxylation is 1. The summed E-state index contributed by atoms with van der Waals surface area (Å²) in [5, 5.41) is 1.72. The average molecular weight is 379 g/mol. The van der Waals surface area contributed by atoms with Gasteiger partial charge in [-0.15, -0.1) is 0 Å². The van der Waals surface area contributed by atoms with Crippen molar-refractivity contribution in [1.29, 1.82) is 0 Å². The molecule has 8 nitrogen and oxygen atoms in total. The highest BCUT2D eigenvalue weighted by molar-refractivity contribution is 8.26. The molecule has 1 saturated heterocycles. The fourth-order valence-electron chi connectivity index (χ4n) is 2.36. The molecule has 10 heteroatoms. The molecule has 1 fully saturated rings. The third-order valence-electron chi connectivity index (χ3n) is 3.45. The molecule has 3 heterocycles. The summed E-state index contributed by atoms with van der Waals surface area (Å²) in [6.07, 6.45) is 1.54. The summed E-state index contributed by atoms with van der Waals surface area (Å²) >= 11 is 6.14. The molecule has 1 aliphatic rings. The van der Waals surface area contributed by atoms with E-state index >= 15 is 0 Å². The minimum atomic E-state index is -0.466. The smallest absolute Gasteiger partial charge is 0.354 e. The minimum Gasteiger partial charge on any atom is -0.464 e. The number of furan rings is 1. The second-order valence-electron chi connectivity index (χ2n) is 5.17. The van der Waals surface area contributed by atoms with Crippen LogP contribution in [0.4, 0.5) is 0 Å². The van der Waals surface area contributed by atoms with Crippen LogP contribution in [0, 0.1) is 0 Å². The number of fused-ring (bicyclic) bond motifs is 1. The van der Waals surface area contributed by atoms with Gasteiger partial charge in [0.15, 0.2) is 4.32 Å². The standard InChI is InChI=1S/C15H13N3O5S2/c1-7(19)16-18-12(20)11(25-15(18)24)6-9-4-8-5-10(14(21)22-3)17(2)13(8)23-9/h4-6H,1-3H3,(H,16,19). The number of ether oxygens (including phenoxy) is 1. The molecule has 1 aliphatic heterocycles. The Morgan fingerprint density at radius 1 is 1.40 bits per heavy atom. The fourth-order valence-corrected chi connectivity index (χ4v) is 3.52. The molecule has 2 aromatic heterocycles. The van der Waals surface area contributed by atoms with Gasteiger partial charge >= 0.3 is 5.97 Å². The number of esters is 1. The van der Waals surface area contributed by atoms with Crippen LogP contribution in [0.15, 0.2) is 21.5 Å². The van der Waals surface area contributed by atoms with Crippen LogP contribution in [-0.4, -0.2) is 38.8 Å². The lowest BCUT2D eigenvalue weighted by atomic mass is 10.3. The van der Waals surface area contributed by atoms with E-state index in [1.165, 1.54) is 14.0 Å². The highest BCUT2D eigenvalue weighted by atomic mass is 32.2. The molecule has 0 spiro atoms. The van der Waals surface area contributed by atoms with Crippen molar-refractivity contribution < 1.29 is 23.5 Å². The van der Waals surface area contributed by atoms with Gasteiger partial charge in [0, 0.05) is 25.4 Å². The first-order valence-electron chi connectivity index (χ1n) is 7.04. The average Bonchev–Trinajstić information content (AvgIpc) is 3.16. The zero-order valence-electron chi connectivity index (χ0n) is 13.5. The van der Waals surface area contributed by atoms with E-state index in [0.29, 0.717) is 27.5 Å². The predicted octanol–water partition coefficient (Wildman–Crippen LogP) is 1.81. The molecule has 0 aliphatic carbocycles. The van der Waals surface area contributed by atoms with Gasteiger partial charge in [0.1, 0.15) is 11.5 Å². The summed E-state index contributed by atoms with van der Waals surface area (Å²) in [6, 6.07) is 3.34. The lowest BCUT2D eigenvalue weighted by Crippen LogP contribution is -2.43. The van der Waals surface area contributed by atoms with Gasteiger partial charge in [0.25, 0.3) is 5.91 Å². The topological polar surface area (TPSA) is 93.8 Å². The number of rotatable bonds is 3. The van der Waals surface area contributed by atoms with Crippen molar-refractivity contribution >= 4 is 63.3 Å². The third kappa shape index (κ3) is 3.05. The van der Waals surface area contributed by atoms with E-state index in [1.807, 2.05) is 0 Å². The molecule has 1 N–H and O–H groups in total. The maximum Gasteiger partial charge on any atom is 0.354 e. The number of thioether (sulfide) groups is 1. The van der Waals surface area contributed by atoms with Crippen molar-refractivity contribution in [3.8, 4) is 0 Å². The molecular weight excluding hydrogens is 366 g/mol. The quantitative estimate of drug-likeness (QED) is 0.494. The second kappa shape index (κ2) is 6.37. The number of hydrogen-bond donors (Lipinski definition) is 1. The van der Waals surface area contributed by atoms with Crippen molar-refractivity contribution in [2.24, 2.45) is 7.05 Å². The van der Waals surface area contributed by atoms with Crippen LogP contribution in [0.5, 0.6) is 0 Å². The number of aromatic nitrogens is 1. The first-order chi connectivity index (χ1) is 11.8. The highest BCUT2D eigenvalue weighted by Crippen LogP contribution is 2.33. The highest BCUT2D eigenvalue weighted by Gasteiger charge is 2.33. The first kappa shape index (κ1) is 17.2. The van der Waals surface area contributed by atoms with E-state index in [0.717, 1.165) is 16.8 Å². The summed E-state index contributed by atoms with van der Waals surface area (Å²) in [4.78, 5) is 35.4. The Kier molecular flexibility index (Phi) is 4.39. The lowest BCUT2D eigenvalue weighted by Gasteiger charge is -2.13. The summed E-state index contributed by atoms with van der Waals surface area (Å²) in [5.41, 5.74) is 3.21. The Morgan fingerprint density at radius 3 is 2.72 bits per heavy atom. The Morgan fingerprint density at radius 2 is 2.12 bits per heavy atom. The predicted molar refractivity (Wildman–Crippen MR) is 95.4 cm³/mol. The van der Waals surface area contributed by atoms with E-state index in [9.17, 15) is 14.4 Å². The van der Waals surface area contributed by atoms with Crippen molar-refractivity contribution in [2.75, 3.05) is 7.11 Å². The van der Waals surface area contributed by atoms with Crippen LogP contribution in [-0.2, 0) is 21.4 Å². The molecule has 0 atom stereocenters. The molecule has 0 bridgehead atoms. The van der Waals surface area contributed by atoms with Crippen LogP contribution in [0.2, 0.25) is 0 Å². The first-order valence-corrected chi connectivity index (χ1v) is 8.27. The summed E-state index contributed by atoms with van der Waals surface area (Å²) < 4.78 is 12.2. The maximum atomic E-state index is 12.3. The fraction of sp³-hybridized carbons (Fsp3) is 0.200. The molecule has 25 heavy (non-hydrogen) atoms. The van der Waals surface area contributed by atoms with Gasteiger partial charge in [0.2, 0.25) is 11.6 Å². The number of methoxy groups -OCH3 is 1. The number of hydrazine groups is 1. The van der Waals surface area contributed by atoms with Crippen LogP contribution in [0.3, 0.4) is 0 Å². The van der Waals surface area contributed by atoms with Gasteiger partial charge in [-0.25, -0.2) is 4.79 Å². The van der Waals surface area contributed by atoms with Crippen LogP contribution < -0.4 is 5.43 Å². The Balaban J connectivity index is 1.92. The summed E-state index contributed by atoms with van der Waals surface area (Å²) in [6.45, 7) is 1.29. The third-order valence-corrected chi connectivity index (χ3v) is 4.75. The van der Waals surface area contributed by atoms with E-state index in [-0.39, 0.29) is 4.32 Å². The van der Waals surface area contributed by atoms with Gasteiger partial charge < -0.3 is 13.7 Å². The SMILES string of the molecule is COC(=O)c1cc2cc(C=C3SC(=S)N(NC(C)=O)C3=O)oc2n1C. The van der Waals surface area contributed by atoms with Crippen molar-refractivity contribution in [1.82, 2.24) is 15.0 Å². The molecule has 2 amide bonds. The molecule has 0 radical (unpaired) electrons. The van der Waals surface area contributed by atoms with E-state index in [1.54, 1.807) is 29.8 Å². The molecule has 0 unspecified atom stereocenters. The molecular formula is C15H13N3O5S2. The number of thiocarbonyl (C=S) groups is 1. The summed E-state index contributed by atoms with van der Waals surface area (Å²) in [7, 11) is 2.98. The van der Waals surface area contributed by atoms with E-state index < -0.39 is 17.8 Å². The molecule has 0 saturated carbocycles. The lowest BCUT2D eigenvalue weighted by molar-refractivity contribution is -0.131. The molecule has 130 valence electrons. The number of hydrogen-bond acceptors (Lipinski definition) is 7. The maximum absolute atomic E-state index is 12.3. The largest absolute Gasteiger partial charge is 0.464 e. The number of carbonyl (C=O) groups is 3. The van der Waals surface area contributed by atoms with Crippen molar-refractivity contribution in [3.05, 3.63) is 28.5 Å². The van der Waals surface area contributed by atoms with Gasteiger partial charge in [-0.05, 0) is 24.4 Å².